The van der Waals surface area contributed by atoms with E-state index in [2.05, 4.69) is 56.4 Å². The highest BCUT2D eigenvalue weighted by molar-refractivity contribution is 7.98. The van der Waals surface area contributed by atoms with Crippen LogP contribution in [0, 0.1) is 0 Å². The molecule has 0 spiro atoms. The zero-order valence-electron chi connectivity index (χ0n) is 15.4. The third-order valence-electron chi connectivity index (χ3n) is 5.21. The van der Waals surface area contributed by atoms with Gasteiger partial charge in [0, 0.05) is 36.8 Å². The number of hydrogen-bond acceptors (Lipinski definition) is 4. The normalized spacial score (nSPS) is 27.7. The highest BCUT2D eigenvalue weighted by atomic mass is 32.2. The lowest BCUT2D eigenvalue weighted by Gasteiger charge is -2.32. The van der Waals surface area contributed by atoms with Crippen LogP contribution in [0.1, 0.15) is 45.6 Å². The van der Waals surface area contributed by atoms with Crippen LogP contribution in [0.3, 0.4) is 0 Å². The number of nitrogens with zero attached hydrogens (tertiary/aromatic N) is 2. The maximum atomic E-state index is 6.19. The average Bonchev–Trinajstić information content (AvgIpc) is 3.22. The molecular weight excluding hydrogens is 319 g/mol. The molecule has 24 heavy (non-hydrogen) atoms. The first-order valence-electron chi connectivity index (χ1n) is 8.52. The molecule has 0 aromatic heterocycles. The minimum Gasteiger partial charge on any atom is -0.403 e. The number of hydrogen-bond donors (Lipinski definition) is 0. The lowest BCUT2D eigenvalue weighted by Crippen LogP contribution is -2.41. The maximum absolute atomic E-state index is 6.19. The van der Waals surface area contributed by atoms with Gasteiger partial charge in [-0.1, -0.05) is 12.1 Å². The summed E-state index contributed by atoms with van der Waals surface area (Å²) in [6.45, 7) is 8.46. The molecule has 1 aliphatic carbocycles. The van der Waals surface area contributed by atoms with Crippen molar-refractivity contribution in [3.05, 3.63) is 29.8 Å². The Balaban J connectivity index is 1.58. The highest BCUT2D eigenvalue weighted by Gasteiger charge is 2.59. The molecule has 4 nitrogen and oxygen atoms in total. The van der Waals surface area contributed by atoms with Gasteiger partial charge in [0.2, 0.25) is 0 Å². The van der Waals surface area contributed by atoms with Crippen LogP contribution in [0.5, 0.6) is 0 Å². The molecule has 3 rings (SSSR count). The summed E-state index contributed by atoms with van der Waals surface area (Å²) in [6, 6.07) is 8.71. The summed E-state index contributed by atoms with van der Waals surface area (Å²) < 4.78 is 16.7. The van der Waals surface area contributed by atoms with Crippen LogP contribution in [0.25, 0.3) is 0 Å². The predicted molar refractivity (Wildman–Crippen MR) is 102 cm³/mol. The Morgan fingerprint density at radius 1 is 1.12 bits per heavy atom. The third-order valence-corrected chi connectivity index (χ3v) is 5.89. The Bertz CT molecular complexity index is 600. The molecule has 0 N–H and O–H groups in total. The molecular formula is C18H27BN2O2S. The SMILES string of the molecule is CN(C)/C=N/Sc1ccc(C2CC2B2OC(C)(C)C(C)(C)O2)cc1. The van der Waals surface area contributed by atoms with Gasteiger partial charge in [-0.2, -0.15) is 0 Å². The van der Waals surface area contributed by atoms with E-state index in [1.165, 1.54) is 17.5 Å². The van der Waals surface area contributed by atoms with E-state index in [-0.39, 0.29) is 18.3 Å². The van der Waals surface area contributed by atoms with E-state index in [1.807, 2.05) is 25.3 Å². The topological polar surface area (TPSA) is 34.1 Å². The molecule has 1 saturated carbocycles. The first-order valence-corrected chi connectivity index (χ1v) is 9.29. The summed E-state index contributed by atoms with van der Waals surface area (Å²) in [5.41, 5.74) is 0.890. The second kappa shape index (κ2) is 6.39. The van der Waals surface area contributed by atoms with Crippen molar-refractivity contribution < 1.29 is 9.31 Å². The van der Waals surface area contributed by atoms with Crippen molar-refractivity contribution in [3.63, 3.8) is 0 Å². The Morgan fingerprint density at radius 3 is 2.25 bits per heavy atom. The first kappa shape index (κ1) is 17.8. The van der Waals surface area contributed by atoms with Crippen LogP contribution in [-0.2, 0) is 9.31 Å². The van der Waals surface area contributed by atoms with Gasteiger partial charge >= 0.3 is 7.12 Å². The van der Waals surface area contributed by atoms with Gasteiger partial charge in [-0.15, -0.1) is 0 Å². The largest absolute Gasteiger partial charge is 0.461 e. The molecule has 1 aromatic rings. The third kappa shape index (κ3) is 3.66. The quantitative estimate of drug-likeness (QED) is 0.346. The van der Waals surface area contributed by atoms with Crippen molar-refractivity contribution in [1.82, 2.24) is 4.90 Å². The van der Waals surface area contributed by atoms with Gasteiger partial charge in [0.1, 0.15) is 0 Å². The van der Waals surface area contributed by atoms with Crippen molar-refractivity contribution in [2.24, 2.45) is 4.40 Å². The van der Waals surface area contributed by atoms with Crippen LogP contribution in [-0.4, -0.2) is 43.7 Å². The van der Waals surface area contributed by atoms with Crippen LogP contribution >= 0.6 is 11.9 Å². The molecule has 2 atom stereocenters. The minimum atomic E-state index is -0.240. The fraction of sp³-hybridized carbons (Fsp3) is 0.611. The van der Waals surface area contributed by atoms with Crippen molar-refractivity contribution in [2.75, 3.05) is 14.1 Å². The molecule has 2 unspecified atom stereocenters. The summed E-state index contributed by atoms with van der Waals surface area (Å²) in [7, 11) is 3.85. The predicted octanol–water partition coefficient (Wildman–Crippen LogP) is 4.23. The van der Waals surface area contributed by atoms with Crippen molar-refractivity contribution in [2.45, 2.75) is 61.9 Å². The van der Waals surface area contributed by atoms with Crippen molar-refractivity contribution >= 4 is 25.4 Å². The minimum absolute atomic E-state index is 0.0845. The standard InChI is InChI=1S/C18H27BN2O2S/c1-17(2)18(3,4)23-19(22-17)16-11-15(16)13-7-9-14(10-8-13)24-20-12-21(5)6/h7-10,12,15-16H,11H2,1-6H3/b20-12+. The van der Waals surface area contributed by atoms with Gasteiger partial charge in [-0.05, 0) is 57.7 Å². The van der Waals surface area contributed by atoms with Gasteiger partial charge in [0.15, 0.2) is 0 Å². The Kier molecular flexibility index (Phi) is 4.75. The number of benzene rings is 1. The smallest absolute Gasteiger partial charge is 0.403 e. The number of rotatable bonds is 5. The van der Waals surface area contributed by atoms with Crippen LogP contribution in [0.2, 0.25) is 5.82 Å². The van der Waals surface area contributed by atoms with Crippen LogP contribution < -0.4 is 0 Å². The zero-order valence-corrected chi connectivity index (χ0v) is 16.3. The molecule has 2 aliphatic rings. The average molecular weight is 346 g/mol. The van der Waals surface area contributed by atoms with E-state index >= 15 is 0 Å². The Labute approximate surface area is 150 Å². The van der Waals surface area contributed by atoms with Gasteiger partial charge in [0.05, 0.1) is 17.5 Å². The summed E-state index contributed by atoms with van der Waals surface area (Å²) >= 11 is 1.49. The molecule has 0 bridgehead atoms. The molecule has 6 heteroatoms. The van der Waals surface area contributed by atoms with E-state index in [1.54, 1.807) is 0 Å². The molecule has 1 aliphatic heterocycles. The zero-order chi connectivity index (χ0) is 17.5. The molecule has 130 valence electrons. The lowest BCUT2D eigenvalue weighted by molar-refractivity contribution is 0.00578. The van der Waals surface area contributed by atoms with Gasteiger partial charge < -0.3 is 14.2 Å². The second-order valence-electron chi connectivity index (χ2n) is 7.98. The Morgan fingerprint density at radius 2 is 1.71 bits per heavy atom. The first-order chi connectivity index (χ1) is 11.2. The van der Waals surface area contributed by atoms with E-state index < -0.39 is 0 Å². The molecule has 2 fully saturated rings. The summed E-state index contributed by atoms with van der Waals surface area (Å²) in [5, 5.41) is 0. The summed E-state index contributed by atoms with van der Waals surface area (Å²) in [6.07, 6.45) is 2.95. The maximum Gasteiger partial charge on any atom is 0.461 e. The summed E-state index contributed by atoms with van der Waals surface area (Å²) in [5.74, 6) is 1.01. The fourth-order valence-corrected chi connectivity index (χ4v) is 3.53. The summed E-state index contributed by atoms with van der Waals surface area (Å²) in [4.78, 5) is 3.09. The second-order valence-corrected chi connectivity index (χ2v) is 8.84. The lowest BCUT2D eigenvalue weighted by atomic mass is 9.79. The van der Waals surface area contributed by atoms with Crippen LogP contribution in [0.15, 0.2) is 33.6 Å². The molecule has 0 radical (unpaired) electrons. The van der Waals surface area contributed by atoms with E-state index in [0.717, 1.165) is 11.3 Å². The fourth-order valence-electron chi connectivity index (χ4n) is 2.92. The molecule has 1 saturated heterocycles. The van der Waals surface area contributed by atoms with E-state index in [4.69, 9.17) is 9.31 Å². The Hall–Kier alpha value is -0.975. The molecule has 1 aromatic carbocycles. The van der Waals surface area contributed by atoms with Crippen LogP contribution in [0.4, 0.5) is 0 Å². The van der Waals surface area contributed by atoms with E-state index in [0.29, 0.717) is 11.7 Å². The van der Waals surface area contributed by atoms with E-state index in [9.17, 15) is 0 Å². The van der Waals surface area contributed by atoms with Crippen molar-refractivity contribution in [3.8, 4) is 0 Å². The molecule has 0 amide bonds. The van der Waals surface area contributed by atoms with Gasteiger partial charge in [-0.25, -0.2) is 4.40 Å². The van der Waals surface area contributed by atoms with Gasteiger partial charge in [-0.3, -0.25) is 0 Å². The monoisotopic (exact) mass is 346 g/mol. The van der Waals surface area contributed by atoms with Gasteiger partial charge in [0.25, 0.3) is 0 Å². The molecule has 1 heterocycles. The van der Waals surface area contributed by atoms with Crippen molar-refractivity contribution in [1.29, 1.82) is 0 Å². The highest BCUT2D eigenvalue weighted by Crippen LogP contribution is 2.58.